The van der Waals surface area contributed by atoms with E-state index in [9.17, 15) is 14.7 Å². The standard InChI is InChI=1S/C26H26Cl2N8O3/c1-14-12-29-25(30-13-14)35-6-8-36(9-7-35)26-33-21-17(10-16(27)11-18(21)23(37)34(26)3)15(2)31-19-4-5-20(28)32-22(19)24(38)39/h4-5,10-13,15,31H,6-9H2,1-3H3,(H,38,39)/t15-/m1/s1. The van der Waals surface area contributed by atoms with Crippen molar-refractivity contribution in [2.45, 2.75) is 19.9 Å². The lowest BCUT2D eigenvalue weighted by molar-refractivity contribution is 0.0691. The first-order valence-electron chi connectivity index (χ1n) is 12.3. The number of nitrogens with zero attached hydrogens (tertiary/aromatic N) is 7. The van der Waals surface area contributed by atoms with Gasteiger partial charge in [0.1, 0.15) is 5.15 Å². The van der Waals surface area contributed by atoms with Gasteiger partial charge in [-0.1, -0.05) is 23.2 Å². The largest absolute Gasteiger partial charge is 0.476 e. The van der Waals surface area contributed by atoms with E-state index in [-0.39, 0.29) is 22.1 Å². The van der Waals surface area contributed by atoms with Crippen LogP contribution in [-0.2, 0) is 7.05 Å². The highest BCUT2D eigenvalue weighted by atomic mass is 35.5. The molecule has 0 amide bonds. The molecule has 5 rings (SSSR count). The minimum atomic E-state index is -1.22. The van der Waals surface area contributed by atoms with E-state index < -0.39 is 12.0 Å². The van der Waals surface area contributed by atoms with Crippen LogP contribution in [0.5, 0.6) is 0 Å². The van der Waals surface area contributed by atoms with Gasteiger partial charge in [-0.15, -0.1) is 0 Å². The molecule has 3 aromatic heterocycles. The van der Waals surface area contributed by atoms with Crippen molar-refractivity contribution >= 4 is 57.7 Å². The van der Waals surface area contributed by atoms with Gasteiger partial charge < -0.3 is 20.2 Å². The zero-order valence-electron chi connectivity index (χ0n) is 21.5. The number of piperazine rings is 1. The van der Waals surface area contributed by atoms with Crippen LogP contribution < -0.4 is 20.7 Å². The lowest BCUT2D eigenvalue weighted by Crippen LogP contribution is -2.48. The quantitative estimate of drug-likeness (QED) is 0.330. The van der Waals surface area contributed by atoms with Gasteiger partial charge in [0.2, 0.25) is 11.9 Å². The number of aromatic nitrogens is 5. The van der Waals surface area contributed by atoms with Crippen LogP contribution >= 0.6 is 23.2 Å². The van der Waals surface area contributed by atoms with Gasteiger partial charge >= 0.3 is 5.97 Å². The molecule has 0 bridgehead atoms. The van der Waals surface area contributed by atoms with Crippen LogP contribution in [0.25, 0.3) is 10.9 Å². The highest BCUT2D eigenvalue weighted by Gasteiger charge is 2.25. The van der Waals surface area contributed by atoms with E-state index in [1.165, 1.54) is 10.6 Å². The van der Waals surface area contributed by atoms with Gasteiger partial charge in [-0.25, -0.2) is 24.7 Å². The van der Waals surface area contributed by atoms with E-state index in [1.54, 1.807) is 37.6 Å². The molecule has 13 heteroatoms. The van der Waals surface area contributed by atoms with Gasteiger partial charge in [0, 0.05) is 56.2 Å². The Morgan fingerprint density at radius 3 is 2.38 bits per heavy atom. The average Bonchev–Trinajstić information content (AvgIpc) is 2.92. The molecule has 1 aliphatic heterocycles. The molecule has 1 aliphatic rings. The Kier molecular flexibility index (Phi) is 7.28. The second-order valence-electron chi connectivity index (χ2n) is 9.40. The molecule has 0 saturated carbocycles. The maximum absolute atomic E-state index is 13.5. The van der Waals surface area contributed by atoms with Gasteiger partial charge in [-0.05, 0) is 43.7 Å². The summed E-state index contributed by atoms with van der Waals surface area (Å²) in [6.07, 6.45) is 3.59. The minimum Gasteiger partial charge on any atom is -0.476 e. The van der Waals surface area contributed by atoms with E-state index in [4.69, 9.17) is 28.2 Å². The van der Waals surface area contributed by atoms with Crippen LogP contribution in [0.3, 0.4) is 0 Å². The first kappa shape index (κ1) is 26.6. The third-order valence-corrected chi connectivity index (χ3v) is 7.09. The van der Waals surface area contributed by atoms with E-state index in [1.807, 2.05) is 13.8 Å². The predicted octanol–water partition coefficient (Wildman–Crippen LogP) is 3.93. The topological polar surface area (TPSA) is 129 Å². The molecule has 2 N–H and O–H groups in total. The van der Waals surface area contributed by atoms with Crippen molar-refractivity contribution in [3.05, 3.63) is 74.0 Å². The average molecular weight is 569 g/mol. The summed E-state index contributed by atoms with van der Waals surface area (Å²) in [6.45, 7) is 6.37. The summed E-state index contributed by atoms with van der Waals surface area (Å²) in [5, 5.41) is 13.6. The van der Waals surface area contributed by atoms with Gasteiger partial charge in [0.05, 0.1) is 22.6 Å². The molecule has 0 spiro atoms. The lowest BCUT2D eigenvalue weighted by atomic mass is 10.0. The van der Waals surface area contributed by atoms with Crippen LogP contribution in [0.1, 0.15) is 34.6 Å². The van der Waals surface area contributed by atoms with Crippen molar-refractivity contribution in [2.24, 2.45) is 7.05 Å². The number of nitrogens with one attached hydrogen (secondary N) is 1. The molecule has 0 radical (unpaired) electrons. The Morgan fingerprint density at radius 1 is 1.05 bits per heavy atom. The first-order valence-corrected chi connectivity index (χ1v) is 13.0. The van der Waals surface area contributed by atoms with Gasteiger partial charge in [0.25, 0.3) is 5.56 Å². The molecule has 11 nitrogen and oxygen atoms in total. The maximum atomic E-state index is 13.5. The number of hydrogen-bond donors (Lipinski definition) is 2. The second-order valence-corrected chi connectivity index (χ2v) is 10.2. The number of pyridine rings is 1. The highest BCUT2D eigenvalue weighted by Crippen LogP contribution is 2.30. The third-order valence-electron chi connectivity index (χ3n) is 6.67. The third kappa shape index (κ3) is 5.32. The molecule has 39 heavy (non-hydrogen) atoms. The molecule has 202 valence electrons. The summed E-state index contributed by atoms with van der Waals surface area (Å²) >= 11 is 12.3. The smallest absolute Gasteiger partial charge is 0.356 e. The fraction of sp³-hybridized carbons (Fsp3) is 0.308. The minimum absolute atomic E-state index is 0.0719. The normalized spacial score (nSPS) is 14.5. The molecular formula is C26H26Cl2N8O3. The highest BCUT2D eigenvalue weighted by molar-refractivity contribution is 6.31. The molecule has 0 unspecified atom stereocenters. The van der Waals surface area contributed by atoms with Gasteiger partial charge in [0.15, 0.2) is 5.69 Å². The Hall–Kier alpha value is -3.96. The number of carboxylic acid groups (broad SMARTS) is 1. The lowest BCUT2D eigenvalue weighted by Gasteiger charge is -2.36. The Bertz CT molecular complexity index is 1620. The zero-order chi connectivity index (χ0) is 27.8. The summed E-state index contributed by atoms with van der Waals surface area (Å²) in [4.78, 5) is 47.1. The fourth-order valence-electron chi connectivity index (χ4n) is 4.65. The maximum Gasteiger partial charge on any atom is 0.356 e. The molecular weight excluding hydrogens is 543 g/mol. The van der Waals surface area contributed by atoms with Crippen LogP contribution in [0, 0.1) is 6.92 Å². The number of aryl methyl sites for hydroxylation is 1. The van der Waals surface area contributed by atoms with E-state index in [0.29, 0.717) is 59.6 Å². The molecule has 1 saturated heterocycles. The number of carbonyl (C=O) groups is 1. The van der Waals surface area contributed by atoms with E-state index in [0.717, 1.165) is 5.56 Å². The van der Waals surface area contributed by atoms with Crippen LogP contribution in [-0.4, -0.2) is 61.8 Å². The molecule has 1 atom stereocenters. The number of fused-ring (bicyclic) bond motifs is 1. The first-order chi connectivity index (χ1) is 18.6. The van der Waals surface area contributed by atoms with Crippen molar-refractivity contribution in [2.75, 3.05) is 41.3 Å². The molecule has 4 aromatic rings. The molecule has 0 aliphatic carbocycles. The Morgan fingerprint density at radius 2 is 1.72 bits per heavy atom. The van der Waals surface area contributed by atoms with E-state index in [2.05, 4.69) is 30.1 Å². The number of carboxylic acids is 1. The number of benzene rings is 1. The molecule has 4 heterocycles. The zero-order valence-corrected chi connectivity index (χ0v) is 23.0. The van der Waals surface area contributed by atoms with Gasteiger partial charge in [-0.3, -0.25) is 9.36 Å². The van der Waals surface area contributed by atoms with Crippen molar-refractivity contribution in [3.8, 4) is 0 Å². The van der Waals surface area contributed by atoms with Crippen molar-refractivity contribution in [1.82, 2.24) is 24.5 Å². The van der Waals surface area contributed by atoms with Crippen molar-refractivity contribution in [3.63, 3.8) is 0 Å². The van der Waals surface area contributed by atoms with E-state index >= 15 is 0 Å². The van der Waals surface area contributed by atoms with Crippen molar-refractivity contribution in [1.29, 1.82) is 0 Å². The SMILES string of the molecule is Cc1cnc(N2CCN(c3nc4c([C@@H](C)Nc5ccc(Cl)nc5C(=O)O)cc(Cl)cc4c(=O)n3C)CC2)nc1. The van der Waals surface area contributed by atoms with Crippen LogP contribution in [0.4, 0.5) is 17.6 Å². The number of anilines is 3. The monoisotopic (exact) mass is 568 g/mol. The summed E-state index contributed by atoms with van der Waals surface area (Å²) in [5.74, 6) is -0.00500. The number of hydrogen-bond acceptors (Lipinski definition) is 9. The second kappa shape index (κ2) is 10.7. The molecule has 1 fully saturated rings. The fourth-order valence-corrected chi connectivity index (χ4v) is 5.02. The number of halogens is 2. The Labute approximate surface area is 234 Å². The Balaban J connectivity index is 1.49. The summed E-state index contributed by atoms with van der Waals surface area (Å²) in [5.41, 5.74) is 1.98. The summed E-state index contributed by atoms with van der Waals surface area (Å²) in [6, 6.07) is 5.93. The summed E-state index contributed by atoms with van der Waals surface area (Å²) in [7, 11) is 1.69. The predicted molar refractivity (Wildman–Crippen MR) is 151 cm³/mol. The van der Waals surface area contributed by atoms with Crippen LogP contribution in [0.2, 0.25) is 10.2 Å². The number of aromatic carboxylic acids is 1. The van der Waals surface area contributed by atoms with Crippen LogP contribution in [0.15, 0.2) is 41.5 Å². The number of rotatable bonds is 6. The van der Waals surface area contributed by atoms with Gasteiger partial charge in [-0.2, -0.15) is 0 Å². The van der Waals surface area contributed by atoms with Crippen molar-refractivity contribution < 1.29 is 9.90 Å². The molecule has 1 aromatic carbocycles. The summed E-state index contributed by atoms with van der Waals surface area (Å²) < 4.78 is 1.53.